The van der Waals surface area contributed by atoms with Crippen LogP contribution in [-0.2, 0) is 4.79 Å². The molecule has 2 amide bonds. The highest BCUT2D eigenvalue weighted by atomic mass is 16.2. The van der Waals surface area contributed by atoms with E-state index in [2.05, 4.69) is 10.4 Å². The molecule has 4 rings (SSSR count). The summed E-state index contributed by atoms with van der Waals surface area (Å²) < 4.78 is 1.77. The number of fused-ring (bicyclic) bond motifs is 1. The molecule has 0 saturated heterocycles. The van der Waals surface area contributed by atoms with Gasteiger partial charge in [-0.15, -0.1) is 0 Å². The van der Waals surface area contributed by atoms with Crippen LogP contribution in [0.2, 0.25) is 0 Å². The minimum atomic E-state index is -0.466. The number of aryl methyl sites for hydroxylation is 1. The fourth-order valence-corrected chi connectivity index (χ4v) is 3.47. The van der Waals surface area contributed by atoms with E-state index in [1.165, 1.54) is 0 Å². The van der Waals surface area contributed by atoms with Crippen molar-refractivity contribution in [3.05, 3.63) is 77.0 Å². The van der Waals surface area contributed by atoms with Crippen molar-refractivity contribution < 1.29 is 9.59 Å². The lowest BCUT2D eigenvalue weighted by atomic mass is 9.85. The third-order valence-corrected chi connectivity index (χ3v) is 4.70. The van der Waals surface area contributed by atoms with Crippen LogP contribution in [0, 0.1) is 6.92 Å². The van der Waals surface area contributed by atoms with E-state index in [9.17, 15) is 9.59 Å². The standard InChI is InChI=1S/C20H18N4O2/c1-12-18-16(13-7-9-14(10-8-13)19(21)26)11-17(25)22-20(18)24(23-12)15-5-3-2-4-6-15/h2-10,16H,11H2,1H3,(H2,21,26)(H,22,25). The first-order valence-electron chi connectivity index (χ1n) is 8.39. The number of carbonyl (C=O) groups excluding carboxylic acids is 2. The zero-order valence-electron chi connectivity index (χ0n) is 14.3. The van der Waals surface area contributed by atoms with E-state index >= 15 is 0 Å². The van der Waals surface area contributed by atoms with Gasteiger partial charge >= 0.3 is 0 Å². The zero-order valence-corrected chi connectivity index (χ0v) is 14.3. The van der Waals surface area contributed by atoms with Crippen molar-refractivity contribution in [2.75, 3.05) is 5.32 Å². The van der Waals surface area contributed by atoms with Gasteiger partial charge in [-0.1, -0.05) is 30.3 Å². The number of nitrogens with one attached hydrogen (secondary N) is 1. The maximum absolute atomic E-state index is 12.4. The van der Waals surface area contributed by atoms with Gasteiger partial charge in [0.2, 0.25) is 11.8 Å². The fourth-order valence-electron chi connectivity index (χ4n) is 3.47. The maximum atomic E-state index is 12.4. The topological polar surface area (TPSA) is 90.0 Å². The smallest absolute Gasteiger partial charge is 0.248 e. The van der Waals surface area contributed by atoms with Gasteiger partial charge in [0.1, 0.15) is 5.82 Å². The molecule has 0 aliphatic carbocycles. The molecule has 6 nitrogen and oxygen atoms in total. The van der Waals surface area contributed by atoms with E-state index in [4.69, 9.17) is 5.73 Å². The molecule has 2 heterocycles. The molecule has 0 saturated carbocycles. The largest absolute Gasteiger partial charge is 0.366 e. The van der Waals surface area contributed by atoms with Crippen LogP contribution in [-0.4, -0.2) is 21.6 Å². The van der Waals surface area contributed by atoms with Gasteiger partial charge in [0.05, 0.1) is 11.4 Å². The highest BCUT2D eigenvalue weighted by molar-refractivity contribution is 5.95. The Morgan fingerprint density at radius 1 is 1.15 bits per heavy atom. The lowest BCUT2D eigenvalue weighted by molar-refractivity contribution is -0.116. The first-order valence-corrected chi connectivity index (χ1v) is 8.39. The number of para-hydroxylation sites is 1. The summed E-state index contributed by atoms with van der Waals surface area (Å²) in [7, 11) is 0. The number of carbonyl (C=O) groups is 2. The van der Waals surface area contributed by atoms with Gasteiger partial charge in [-0.25, -0.2) is 4.68 Å². The van der Waals surface area contributed by atoms with Gasteiger partial charge in [0.25, 0.3) is 0 Å². The molecule has 3 N–H and O–H groups in total. The second kappa shape index (κ2) is 6.15. The summed E-state index contributed by atoms with van der Waals surface area (Å²) in [5.41, 5.74) is 9.49. The third-order valence-electron chi connectivity index (χ3n) is 4.70. The Morgan fingerprint density at radius 3 is 2.50 bits per heavy atom. The van der Waals surface area contributed by atoms with Crippen molar-refractivity contribution in [3.63, 3.8) is 0 Å². The summed E-state index contributed by atoms with van der Waals surface area (Å²) in [5, 5.41) is 7.61. The van der Waals surface area contributed by atoms with Gasteiger partial charge in [0.15, 0.2) is 0 Å². The number of hydrogen-bond acceptors (Lipinski definition) is 3. The molecular formula is C20H18N4O2. The molecule has 0 spiro atoms. The molecule has 1 aliphatic heterocycles. The Labute approximate surface area is 150 Å². The molecular weight excluding hydrogens is 328 g/mol. The van der Waals surface area contributed by atoms with E-state index in [0.717, 1.165) is 22.5 Å². The predicted octanol–water partition coefficient (Wildman–Crippen LogP) is 2.75. The molecule has 3 aromatic rings. The quantitative estimate of drug-likeness (QED) is 0.764. The molecule has 26 heavy (non-hydrogen) atoms. The van der Waals surface area contributed by atoms with Crippen molar-refractivity contribution in [2.45, 2.75) is 19.3 Å². The number of primary amides is 1. The number of benzene rings is 2. The number of rotatable bonds is 3. The molecule has 0 radical (unpaired) electrons. The number of nitrogens with zero attached hydrogens (tertiary/aromatic N) is 2. The average Bonchev–Trinajstić information content (AvgIpc) is 2.98. The molecule has 2 aromatic carbocycles. The van der Waals surface area contributed by atoms with E-state index in [1.54, 1.807) is 16.8 Å². The molecule has 130 valence electrons. The van der Waals surface area contributed by atoms with Crippen LogP contribution in [0.25, 0.3) is 5.69 Å². The minimum absolute atomic E-state index is 0.0569. The van der Waals surface area contributed by atoms with E-state index < -0.39 is 5.91 Å². The molecule has 0 fully saturated rings. The van der Waals surface area contributed by atoms with E-state index in [-0.39, 0.29) is 11.8 Å². The summed E-state index contributed by atoms with van der Waals surface area (Å²) in [6.07, 6.45) is 0.338. The van der Waals surface area contributed by atoms with Crippen molar-refractivity contribution in [1.29, 1.82) is 0 Å². The number of nitrogens with two attached hydrogens (primary N) is 1. The van der Waals surface area contributed by atoms with Gasteiger partial charge in [-0.3, -0.25) is 9.59 Å². The molecule has 1 aromatic heterocycles. The fraction of sp³-hybridized carbons (Fsp3) is 0.150. The van der Waals surface area contributed by atoms with Crippen LogP contribution in [0.4, 0.5) is 5.82 Å². The van der Waals surface area contributed by atoms with E-state index in [1.807, 2.05) is 49.4 Å². The van der Waals surface area contributed by atoms with Crippen molar-refractivity contribution in [1.82, 2.24) is 9.78 Å². The number of anilines is 1. The molecule has 1 unspecified atom stereocenters. The summed E-state index contributed by atoms with van der Waals surface area (Å²) in [6, 6.07) is 16.8. The second-order valence-electron chi connectivity index (χ2n) is 6.39. The summed E-state index contributed by atoms with van der Waals surface area (Å²) in [6.45, 7) is 1.94. The van der Waals surface area contributed by atoms with Crippen LogP contribution in [0.3, 0.4) is 0 Å². The van der Waals surface area contributed by atoms with Crippen LogP contribution >= 0.6 is 0 Å². The van der Waals surface area contributed by atoms with E-state index in [0.29, 0.717) is 17.8 Å². The van der Waals surface area contributed by atoms with Crippen LogP contribution in [0.15, 0.2) is 54.6 Å². The lowest BCUT2D eigenvalue weighted by Gasteiger charge is -2.24. The minimum Gasteiger partial charge on any atom is -0.366 e. The zero-order chi connectivity index (χ0) is 18.3. The Hall–Kier alpha value is -3.41. The van der Waals surface area contributed by atoms with Crippen LogP contribution < -0.4 is 11.1 Å². The van der Waals surface area contributed by atoms with Crippen LogP contribution in [0.5, 0.6) is 0 Å². The molecule has 1 atom stereocenters. The SMILES string of the molecule is Cc1nn(-c2ccccc2)c2c1C(c1ccc(C(N)=O)cc1)CC(=O)N2. The number of amides is 2. The maximum Gasteiger partial charge on any atom is 0.248 e. The van der Waals surface area contributed by atoms with Crippen molar-refractivity contribution in [3.8, 4) is 5.69 Å². The third kappa shape index (κ3) is 2.65. The molecule has 1 aliphatic rings. The summed E-state index contributed by atoms with van der Waals surface area (Å²) >= 11 is 0. The van der Waals surface area contributed by atoms with Crippen molar-refractivity contribution in [2.24, 2.45) is 5.73 Å². The highest BCUT2D eigenvalue weighted by Crippen LogP contribution is 2.40. The second-order valence-corrected chi connectivity index (χ2v) is 6.39. The first-order chi connectivity index (χ1) is 12.5. The van der Waals surface area contributed by atoms with Gasteiger partial charge in [-0.2, -0.15) is 5.10 Å². The lowest BCUT2D eigenvalue weighted by Crippen LogP contribution is -2.25. The summed E-state index contributed by atoms with van der Waals surface area (Å²) in [4.78, 5) is 23.6. The normalized spacial score (nSPS) is 16.0. The average molecular weight is 346 g/mol. The Morgan fingerprint density at radius 2 is 1.85 bits per heavy atom. The first kappa shape index (κ1) is 16.1. The van der Waals surface area contributed by atoms with Gasteiger partial charge in [0, 0.05) is 23.5 Å². The van der Waals surface area contributed by atoms with Crippen LogP contribution in [0.1, 0.15) is 39.5 Å². The Balaban J connectivity index is 1.82. The highest BCUT2D eigenvalue weighted by Gasteiger charge is 2.32. The molecule has 6 heteroatoms. The monoisotopic (exact) mass is 346 g/mol. The number of aromatic nitrogens is 2. The van der Waals surface area contributed by atoms with Crippen molar-refractivity contribution >= 4 is 17.6 Å². The van der Waals surface area contributed by atoms with Gasteiger partial charge in [-0.05, 0) is 36.8 Å². The summed E-state index contributed by atoms with van der Waals surface area (Å²) in [5.74, 6) is 0.0670. The van der Waals surface area contributed by atoms with Gasteiger partial charge < -0.3 is 11.1 Å². The number of hydrogen-bond donors (Lipinski definition) is 2. The molecule has 0 bridgehead atoms. The Bertz CT molecular complexity index is 991. The Kier molecular flexibility index (Phi) is 3.80. The predicted molar refractivity (Wildman–Crippen MR) is 98.4 cm³/mol.